The summed E-state index contributed by atoms with van der Waals surface area (Å²) in [5.74, 6) is 0.592. The monoisotopic (exact) mass is 152 g/mol. The Morgan fingerprint density at radius 1 is 1.82 bits per heavy atom. The Balaban J connectivity index is 2.38. The van der Waals surface area contributed by atoms with Crippen molar-refractivity contribution in [3.63, 3.8) is 0 Å². The maximum Gasteiger partial charge on any atom is 0.236 e. The van der Waals surface area contributed by atoms with Crippen LogP contribution in [0.5, 0.6) is 0 Å². The molecule has 0 aliphatic carbocycles. The summed E-state index contributed by atoms with van der Waals surface area (Å²) in [6.07, 6.45) is 1.11. The largest absolute Gasteiger partial charge is 0.342 e. The van der Waals surface area contributed by atoms with Gasteiger partial charge in [0.05, 0.1) is 6.07 Å². The highest BCUT2D eigenvalue weighted by Crippen LogP contribution is 2.15. The first-order chi connectivity index (χ1) is 5.24. The van der Waals surface area contributed by atoms with Gasteiger partial charge >= 0.3 is 0 Å². The minimum atomic E-state index is -0.0168. The number of hydrogen-bond acceptors (Lipinski definition) is 2. The van der Waals surface area contributed by atoms with E-state index in [0.29, 0.717) is 5.92 Å². The molecule has 0 unspecified atom stereocenters. The molecule has 1 saturated heterocycles. The van der Waals surface area contributed by atoms with Crippen molar-refractivity contribution >= 4 is 5.91 Å². The molecule has 11 heavy (non-hydrogen) atoms. The summed E-state index contributed by atoms with van der Waals surface area (Å²) in [6, 6.07) is 1.87. The Hall–Kier alpha value is -1.04. The van der Waals surface area contributed by atoms with Crippen LogP contribution in [0.25, 0.3) is 0 Å². The molecule has 1 fully saturated rings. The topological polar surface area (TPSA) is 44.1 Å². The van der Waals surface area contributed by atoms with Gasteiger partial charge in [-0.25, -0.2) is 0 Å². The molecule has 1 aliphatic rings. The molecule has 60 valence electrons. The average molecular weight is 152 g/mol. The SMILES string of the molecule is C[C@H]1CCN(C(=O)CC#N)C1. The van der Waals surface area contributed by atoms with E-state index in [-0.39, 0.29) is 12.3 Å². The van der Waals surface area contributed by atoms with E-state index in [9.17, 15) is 4.79 Å². The van der Waals surface area contributed by atoms with E-state index in [0.717, 1.165) is 19.5 Å². The lowest BCUT2D eigenvalue weighted by Gasteiger charge is -2.12. The van der Waals surface area contributed by atoms with Crippen LogP contribution in [0.3, 0.4) is 0 Å². The number of rotatable bonds is 1. The number of carbonyl (C=O) groups is 1. The average Bonchev–Trinajstić information content (AvgIpc) is 2.36. The maximum absolute atomic E-state index is 11.1. The van der Waals surface area contributed by atoms with Crippen LogP contribution in [-0.4, -0.2) is 23.9 Å². The number of amides is 1. The zero-order valence-corrected chi connectivity index (χ0v) is 6.71. The lowest BCUT2D eigenvalue weighted by atomic mass is 10.2. The molecular formula is C8H12N2O. The highest BCUT2D eigenvalue weighted by Gasteiger charge is 2.22. The minimum Gasteiger partial charge on any atom is -0.342 e. The van der Waals surface area contributed by atoms with E-state index < -0.39 is 0 Å². The fraction of sp³-hybridized carbons (Fsp3) is 0.750. The van der Waals surface area contributed by atoms with Gasteiger partial charge in [-0.15, -0.1) is 0 Å². The number of nitrogens with zero attached hydrogens (tertiary/aromatic N) is 2. The van der Waals surface area contributed by atoms with Gasteiger partial charge < -0.3 is 4.90 Å². The van der Waals surface area contributed by atoms with Crippen LogP contribution in [0, 0.1) is 17.2 Å². The predicted molar refractivity (Wildman–Crippen MR) is 40.6 cm³/mol. The van der Waals surface area contributed by atoms with E-state index in [2.05, 4.69) is 6.92 Å². The Bertz CT molecular complexity index is 195. The van der Waals surface area contributed by atoms with Gasteiger partial charge in [0.25, 0.3) is 0 Å². The van der Waals surface area contributed by atoms with Crippen molar-refractivity contribution in [3.05, 3.63) is 0 Å². The summed E-state index contributed by atoms with van der Waals surface area (Å²) < 4.78 is 0. The van der Waals surface area contributed by atoms with Crippen LogP contribution < -0.4 is 0 Å². The molecule has 0 radical (unpaired) electrons. The molecule has 1 heterocycles. The third-order valence-corrected chi connectivity index (χ3v) is 2.01. The van der Waals surface area contributed by atoms with Crippen LogP contribution in [-0.2, 0) is 4.79 Å². The molecule has 1 atom stereocenters. The highest BCUT2D eigenvalue weighted by molar-refractivity contribution is 5.78. The molecule has 1 rings (SSSR count). The summed E-state index contributed by atoms with van der Waals surface area (Å²) in [5.41, 5.74) is 0. The third-order valence-electron chi connectivity index (χ3n) is 2.01. The van der Waals surface area contributed by atoms with Gasteiger partial charge in [-0.3, -0.25) is 4.79 Å². The van der Waals surface area contributed by atoms with Crippen molar-refractivity contribution in [2.24, 2.45) is 5.92 Å². The van der Waals surface area contributed by atoms with Crippen molar-refractivity contribution in [2.75, 3.05) is 13.1 Å². The predicted octanol–water partition coefficient (Wildman–Crippen LogP) is 0.768. The van der Waals surface area contributed by atoms with E-state index in [1.165, 1.54) is 0 Å². The van der Waals surface area contributed by atoms with Crippen molar-refractivity contribution in [3.8, 4) is 6.07 Å². The molecule has 3 nitrogen and oxygen atoms in total. The van der Waals surface area contributed by atoms with E-state index in [1.54, 1.807) is 4.90 Å². The summed E-state index contributed by atoms with van der Waals surface area (Å²) in [5, 5.41) is 8.27. The van der Waals surface area contributed by atoms with Gasteiger partial charge in [0.2, 0.25) is 5.91 Å². The van der Waals surface area contributed by atoms with Gasteiger partial charge in [-0.1, -0.05) is 6.92 Å². The van der Waals surface area contributed by atoms with Crippen LogP contribution in [0.1, 0.15) is 19.8 Å². The second-order valence-electron chi connectivity index (χ2n) is 3.07. The van der Waals surface area contributed by atoms with Crippen molar-refractivity contribution in [2.45, 2.75) is 19.8 Å². The van der Waals surface area contributed by atoms with Gasteiger partial charge in [-0.05, 0) is 12.3 Å². The van der Waals surface area contributed by atoms with E-state index in [4.69, 9.17) is 5.26 Å². The Morgan fingerprint density at radius 3 is 3.00 bits per heavy atom. The molecule has 0 aromatic heterocycles. The summed E-state index contributed by atoms with van der Waals surface area (Å²) in [4.78, 5) is 12.9. The molecule has 0 N–H and O–H groups in total. The molecule has 3 heteroatoms. The lowest BCUT2D eigenvalue weighted by molar-refractivity contribution is -0.129. The van der Waals surface area contributed by atoms with Crippen molar-refractivity contribution in [1.29, 1.82) is 5.26 Å². The summed E-state index contributed by atoms with van der Waals surface area (Å²) in [7, 11) is 0. The quantitative estimate of drug-likeness (QED) is 0.557. The summed E-state index contributed by atoms with van der Waals surface area (Å²) in [6.45, 7) is 3.79. The van der Waals surface area contributed by atoms with Crippen molar-refractivity contribution in [1.82, 2.24) is 4.90 Å². The van der Waals surface area contributed by atoms with Gasteiger partial charge in [0.1, 0.15) is 6.42 Å². The first kappa shape index (κ1) is 8.06. The second-order valence-corrected chi connectivity index (χ2v) is 3.07. The molecule has 0 aromatic carbocycles. The third kappa shape index (κ3) is 1.94. The normalized spacial score (nSPS) is 23.3. The minimum absolute atomic E-state index is 0.0168. The summed E-state index contributed by atoms with van der Waals surface area (Å²) >= 11 is 0. The van der Waals surface area contributed by atoms with Gasteiger partial charge in [0, 0.05) is 13.1 Å². The standard InChI is InChI=1S/C8H12N2O/c1-7-3-5-10(6-7)8(11)2-4-9/h7H,2-3,5-6H2,1H3/t7-/m0/s1. The molecule has 1 amide bonds. The zero-order valence-electron chi connectivity index (χ0n) is 6.71. The van der Waals surface area contributed by atoms with E-state index >= 15 is 0 Å². The van der Waals surface area contributed by atoms with Crippen LogP contribution in [0.15, 0.2) is 0 Å². The molecule has 0 spiro atoms. The second kappa shape index (κ2) is 3.38. The molecule has 1 aliphatic heterocycles. The number of nitriles is 1. The number of hydrogen-bond donors (Lipinski definition) is 0. The van der Waals surface area contributed by atoms with Gasteiger partial charge in [-0.2, -0.15) is 5.26 Å². The fourth-order valence-electron chi connectivity index (χ4n) is 1.34. The van der Waals surface area contributed by atoms with Gasteiger partial charge in [0.15, 0.2) is 0 Å². The molecule has 0 aromatic rings. The van der Waals surface area contributed by atoms with E-state index in [1.807, 2.05) is 6.07 Å². The maximum atomic E-state index is 11.1. The zero-order chi connectivity index (χ0) is 8.27. The van der Waals surface area contributed by atoms with Crippen LogP contribution in [0.2, 0.25) is 0 Å². The first-order valence-corrected chi connectivity index (χ1v) is 3.88. The Labute approximate surface area is 66.6 Å². The molecular weight excluding hydrogens is 140 g/mol. The fourth-order valence-corrected chi connectivity index (χ4v) is 1.34. The Morgan fingerprint density at radius 2 is 2.55 bits per heavy atom. The lowest BCUT2D eigenvalue weighted by Crippen LogP contribution is -2.27. The number of likely N-dealkylation sites (tertiary alicyclic amines) is 1. The molecule has 0 saturated carbocycles. The smallest absolute Gasteiger partial charge is 0.236 e. The van der Waals surface area contributed by atoms with Crippen molar-refractivity contribution < 1.29 is 4.79 Å². The van der Waals surface area contributed by atoms with Crippen LogP contribution in [0.4, 0.5) is 0 Å². The molecule has 0 bridgehead atoms. The van der Waals surface area contributed by atoms with Crippen LogP contribution >= 0.6 is 0 Å². The first-order valence-electron chi connectivity index (χ1n) is 3.88. The Kier molecular flexibility index (Phi) is 2.48. The highest BCUT2D eigenvalue weighted by atomic mass is 16.2. The number of carbonyl (C=O) groups excluding carboxylic acids is 1.